The second-order valence-corrected chi connectivity index (χ2v) is 5.23. The third-order valence-electron chi connectivity index (χ3n) is 3.11. The van der Waals surface area contributed by atoms with E-state index in [4.69, 9.17) is 17.3 Å². The van der Waals surface area contributed by atoms with Crippen LogP contribution in [-0.4, -0.2) is 17.0 Å². The predicted octanol–water partition coefficient (Wildman–Crippen LogP) is 3.22. The Morgan fingerprint density at radius 3 is 2.70 bits per heavy atom. The SMILES string of the molecule is CCc1cc(N(C)Cc2cc(N)ccc2Cl)nc(C)n1. The molecule has 0 saturated carbocycles. The molecule has 0 spiro atoms. The van der Waals surface area contributed by atoms with Gasteiger partial charge in [0.25, 0.3) is 0 Å². The summed E-state index contributed by atoms with van der Waals surface area (Å²) in [5.41, 5.74) is 8.55. The summed E-state index contributed by atoms with van der Waals surface area (Å²) >= 11 is 6.20. The molecule has 2 rings (SSSR count). The van der Waals surface area contributed by atoms with Gasteiger partial charge in [-0.15, -0.1) is 0 Å². The van der Waals surface area contributed by atoms with E-state index >= 15 is 0 Å². The Bertz CT molecular complexity index is 613. The van der Waals surface area contributed by atoms with Crippen molar-refractivity contribution in [1.29, 1.82) is 0 Å². The van der Waals surface area contributed by atoms with E-state index in [0.717, 1.165) is 29.3 Å². The molecule has 1 aromatic carbocycles. The molecule has 106 valence electrons. The summed E-state index contributed by atoms with van der Waals surface area (Å²) in [5.74, 6) is 1.68. The lowest BCUT2D eigenvalue weighted by Gasteiger charge is -2.20. The van der Waals surface area contributed by atoms with Crippen molar-refractivity contribution in [1.82, 2.24) is 9.97 Å². The molecule has 0 fully saturated rings. The van der Waals surface area contributed by atoms with E-state index in [9.17, 15) is 0 Å². The predicted molar refractivity (Wildman–Crippen MR) is 84.1 cm³/mol. The molecular weight excluding hydrogens is 272 g/mol. The Kier molecular flexibility index (Phi) is 4.45. The number of aryl methyl sites for hydroxylation is 2. The number of nitrogen functional groups attached to an aromatic ring is 1. The van der Waals surface area contributed by atoms with Crippen molar-refractivity contribution in [3.05, 3.63) is 46.4 Å². The van der Waals surface area contributed by atoms with Gasteiger partial charge < -0.3 is 10.6 Å². The molecule has 5 heteroatoms. The highest BCUT2D eigenvalue weighted by atomic mass is 35.5. The van der Waals surface area contributed by atoms with E-state index in [1.54, 1.807) is 6.07 Å². The van der Waals surface area contributed by atoms with Gasteiger partial charge >= 0.3 is 0 Å². The molecule has 0 atom stereocenters. The first-order valence-electron chi connectivity index (χ1n) is 6.59. The molecule has 2 aromatic rings. The number of nitrogens with two attached hydrogens (primary N) is 1. The summed E-state index contributed by atoms with van der Waals surface area (Å²) in [5, 5.41) is 0.715. The van der Waals surface area contributed by atoms with Crippen LogP contribution < -0.4 is 10.6 Å². The van der Waals surface area contributed by atoms with Crippen LogP contribution in [0.25, 0.3) is 0 Å². The van der Waals surface area contributed by atoms with Gasteiger partial charge in [0.2, 0.25) is 0 Å². The highest BCUT2D eigenvalue weighted by Crippen LogP contribution is 2.22. The average molecular weight is 291 g/mol. The first-order chi connectivity index (χ1) is 9.49. The van der Waals surface area contributed by atoms with Gasteiger partial charge in [0.05, 0.1) is 0 Å². The summed E-state index contributed by atoms with van der Waals surface area (Å²) in [6, 6.07) is 7.53. The molecule has 0 aliphatic carbocycles. The normalized spacial score (nSPS) is 10.6. The number of halogens is 1. The summed E-state index contributed by atoms with van der Waals surface area (Å²) in [7, 11) is 1.99. The Balaban J connectivity index is 2.25. The van der Waals surface area contributed by atoms with Crippen LogP contribution in [0.1, 0.15) is 24.0 Å². The van der Waals surface area contributed by atoms with Crippen LogP contribution in [0.3, 0.4) is 0 Å². The second-order valence-electron chi connectivity index (χ2n) is 4.83. The van der Waals surface area contributed by atoms with Gasteiger partial charge in [0.1, 0.15) is 11.6 Å². The minimum atomic E-state index is 0.656. The molecule has 0 radical (unpaired) electrons. The largest absolute Gasteiger partial charge is 0.399 e. The van der Waals surface area contributed by atoms with Crippen LogP contribution in [0.2, 0.25) is 5.02 Å². The van der Waals surface area contributed by atoms with Gasteiger partial charge in [-0.2, -0.15) is 0 Å². The van der Waals surface area contributed by atoms with Gasteiger partial charge in [-0.1, -0.05) is 18.5 Å². The molecule has 0 unspecified atom stereocenters. The molecule has 0 amide bonds. The monoisotopic (exact) mass is 290 g/mol. The van der Waals surface area contributed by atoms with Gasteiger partial charge in [0.15, 0.2) is 0 Å². The topological polar surface area (TPSA) is 55.0 Å². The standard InChI is InChI=1S/C15H19ClN4/c1-4-13-8-15(19-10(2)18-13)20(3)9-11-7-12(17)5-6-14(11)16/h5-8H,4,9,17H2,1-3H3. The van der Waals surface area contributed by atoms with Crippen LogP contribution in [-0.2, 0) is 13.0 Å². The van der Waals surface area contributed by atoms with Crippen molar-refractivity contribution in [2.75, 3.05) is 17.7 Å². The molecule has 2 N–H and O–H groups in total. The van der Waals surface area contributed by atoms with E-state index < -0.39 is 0 Å². The van der Waals surface area contributed by atoms with Crippen LogP contribution >= 0.6 is 11.6 Å². The number of benzene rings is 1. The second kappa shape index (κ2) is 6.09. The molecule has 0 bridgehead atoms. The summed E-state index contributed by atoms with van der Waals surface area (Å²) in [6.45, 7) is 4.65. The number of hydrogen-bond acceptors (Lipinski definition) is 4. The van der Waals surface area contributed by atoms with Crippen molar-refractivity contribution < 1.29 is 0 Å². The molecule has 1 heterocycles. The zero-order chi connectivity index (χ0) is 14.7. The lowest BCUT2D eigenvalue weighted by molar-refractivity contribution is 0.861. The fraction of sp³-hybridized carbons (Fsp3) is 0.333. The molecule has 0 saturated heterocycles. The maximum absolute atomic E-state index is 6.20. The minimum Gasteiger partial charge on any atom is -0.399 e. The maximum Gasteiger partial charge on any atom is 0.132 e. The average Bonchev–Trinajstić information content (AvgIpc) is 2.42. The first-order valence-corrected chi connectivity index (χ1v) is 6.97. The Morgan fingerprint density at radius 2 is 2.00 bits per heavy atom. The number of anilines is 2. The Labute approximate surface area is 124 Å². The third kappa shape index (κ3) is 3.39. The van der Waals surface area contributed by atoms with Crippen molar-refractivity contribution in [2.45, 2.75) is 26.8 Å². The first kappa shape index (κ1) is 14.6. The lowest BCUT2D eigenvalue weighted by Crippen LogP contribution is -2.19. The molecule has 0 aliphatic rings. The Morgan fingerprint density at radius 1 is 1.25 bits per heavy atom. The van der Waals surface area contributed by atoms with Gasteiger partial charge in [-0.25, -0.2) is 9.97 Å². The van der Waals surface area contributed by atoms with Crippen molar-refractivity contribution in [3.63, 3.8) is 0 Å². The van der Waals surface area contributed by atoms with Gasteiger partial charge in [-0.05, 0) is 37.1 Å². The summed E-state index contributed by atoms with van der Waals surface area (Å²) in [4.78, 5) is 10.9. The van der Waals surface area contributed by atoms with Crippen LogP contribution in [0.15, 0.2) is 24.3 Å². The van der Waals surface area contributed by atoms with Crippen molar-refractivity contribution in [3.8, 4) is 0 Å². The van der Waals surface area contributed by atoms with E-state index in [-0.39, 0.29) is 0 Å². The van der Waals surface area contributed by atoms with Crippen molar-refractivity contribution in [2.24, 2.45) is 0 Å². The molecule has 0 aliphatic heterocycles. The number of nitrogens with zero attached hydrogens (tertiary/aromatic N) is 3. The summed E-state index contributed by atoms with van der Waals surface area (Å²) in [6.07, 6.45) is 0.892. The summed E-state index contributed by atoms with van der Waals surface area (Å²) < 4.78 is 0. The number of rotatable bonds is 4. The molecular formula is C15H19ClN4. The van der Waals surface area contributed by atoms with E-state index in [2.05, 4.69) is 21.8 Å². The highest BCUT2D eigenvalue weighted by Gasteiger charge is 2.09. The van der Waals surface area contributed by atoms with Crippen molar-refractivity contribution >= 4 is 23.1 Å². The number of aromatic nitrogens is 2. The Hall–Kier alpha value is -1.81. The van der Waals surface area contributed by atoms with E-state index in [1.165, 1.54) is 0 Å². The third-order valence-corrected chi connectivity index (χ3v) is 3.48. The van der Waals surface area contributed by atoms with Crippen LogP contribution in [0.5, 0.6) is 0 Å². The molecule has 20 heavy (non-hydrogen) atoms. The fourth-order valence-corrected chi connectivity index (χ4v) is 2.22. The van der Waals surface area contributed by atoms with E-state index in [0.29, 0.717) is 17.3 Å². The smallest absolute Gasteiger partial charge is 0.132 e. The van der Waals surface area contributed by atoms with Gasteiger partial charge in [0, 0.05) is 36.1 Å². The molecule has 4 nitrogen and oxygen atoms in total. The fourth-order valence-electron chi connectivity index (χ4n) is 2.04. The molecule has 1 aromatic heterocycles. The van der Waals surface area contributed by atoms with E-state index in [1.807, 2.05) is 32.2 Å². The van der Waals surface area contributed by atoms with Crippen LogP contribution in [0.4, 0.5) is 11.5 Å². The minimum absolute atomic E-state index is 0.656. The quantitative estimate of drug-likeness (QED) is 0.879. The van der Waals surface area contributed by atoms with Gasteiger partial charge in [-0.3, -0.25) is 0 Å². The highest BCUT2D eigenvalue weighted by molar-refractivity contribution is 6.31. The maximum atomic E-state index is 6.20. The van der Waals surface area contributed by atoms with Crippen LogP contribution in [0, 0.1) is 6.92 Å². The zero-order valence-electron chi connectivity index (χ0n) is 12.0. The zero-order valence-corrected chi connectivity index (χ0v) is 12.8. The lowest BCUT2D eigenvalue weighted by atomic mass is 10.2. The number of hydrogen-bond donors (Lipinski definition) is 1.